The lowest BCUT2D eigenvalue weighted by atomic mass is 9.98. The molecule has 0 N–H and O–H groups in total. The van der Waals surface area contributed by atoms with Gasteiger partial charge < -0.3 is 14.4 Å². The lowest BCUT2D eigenvalue weighted by Gasteiger charge is -2.23. The Morgan fingerprint density at radius 2 is 1.86 bits per heavy atom. The van der Waals surface area contributed by atoms with E-state index < -0.39 is 0 Å². The summed E-state index contributed by atoms with van der Waals surface area (Å²) in [5, 5.41) is 6.71. The highest BCUT2D eigenvalue weighted by molar-refractivity contribution is 6.34. The number of anilines is 1. The Balaban J connectivity index is 1.60. The predicted octanol–water partition coefficient (Wildman–Crippen LogP) is 4.98. The molecule has 7 nitrogen and oxygen atoms in total. The van der Waals surface area contributed by atoms with E-state index in [1.807, 2.05) is 67.5 Å². The van der Waals surface area contributed by atoms with E-state index >= 15 is 0 Å². The highest BCUT2D eigenvalue weighted by Gasteiger charge is 2.34. The molecule has 0 fully saturated rings. The fourth-order valence-electron chi connectivity index (χ4n) is 3.93. The van der Waals surface area contributed by atoms with Gasteiger partial charge in [-0.25, -0.2) is 5.01 Å². The summed E-state index contributed by atoms with van der Waals surface area (Å²) in [5.74, 6) is 0.433. The van der Waals surface area contributed by atoms with Crippen molar-refractivity contribution >= 4 is 35.2 Å². The van der Waals surface area contributed by atoms with Crippen LogP contribution in [-0.4, -0.2) is 50.7 Å². The van der Waals surface area contributed by atoms with Crippen molar-refractivity contribution < 1.29 is 19.1 Å². The van der Waals surface area contributed by atoms with Crippen LogP contribution in [0.3, 0.4) is 0 Å². The molecule has 35 heavy (non-hydrogen) atoms. The van der Waals surface area contributed by atoms with E-state index in [9.17, 15) is 9.59 Å². The van der Waals surface area contributed by atoms with Gasteiger partial charge in [0.2, 0.25) is 0 Å². The quantitative estimate of drug-likeness (QED) is 0.415. The SMILES string of the molecule is COc1cc(C=O)ccc1OCC(=O)N1N=C(c2ccccc2Cl)CC1c1ccc(N(C)C)cc1. The van der Waals surface area contributed by atoms with E-state index in [1.165, 1.54) is 12.1 Å². The molecule has 1 amide bonds. The standard InChI is InChI=1S/C27H26ClN3O4/c1-30(2)20-11-9-19(10-12-20)24-15-23(21-6-4-5-7-22(21)28)29-31(24)27(33)17-35-25-13-8-18(16-32)14-26(25)34-3/h4-14,16,24H,15,17H2,1-3H3. The number of carbonyl (C=O) groups is 2. The molecule has 0 aliphatic carbocycles. The first-order chi connectivity index (χ1) is 16.9. The Bertz CT molecular complexity index is 1260. The van der Waals surface area contributed by atoms with Gasteiger partial charge in [-0.05, 0) is 42.0 Å². The van der Waals surface area contributed by atoms with Crippen molar-refractivity contribution in [1.82, 2.24) is 5.01 Å². The Morgan fingerprint density at radius 1 is 1.11 bits per heavy atom. The van der Waals surface area contributed by atoms with Crippen LogP contribution >= 0.6 is 11.6 Å². The third-order valence-electron chi connectivity index (χ3n) is 5.82. The molecule has 1 heterocycles. The zero-order valence-corrected chi connectivity index (χ0v) is 20.5. The monoisotopic (exact) mass is 491 g/mol. The summed E-state index contributed by atoms with van der Waals surface area (Å²) in [6.07, 6.45) is 1.24. The number of nitrogens with zero attached hydrogens (tertiary/aromatic N) is 3. The molecular formula is C27H26ClN3O4. The molecule has 0 saturated heterocycles. The van der Waals surface area contributed by atoms with Crippen LogP contribution in [0.4, 0.5) is 5.69 Å². The average Bonchev–Trinajstić information content (AvgIpc) is 3.32. The van der Waals surface area contributed by atoms with E-state index in [1.54, 1.807) is 18.2 Å². The Labute approximate surface area is 209 Å². The number of halogens is 1. The fourth-order valence-corrected chi connectivity index (χ4v) is 4.18. The molecule has 3 aromatic rings. The molecule has 0 saturated carbocycles. The maximum atomic E-state index is 13.3. The number of aldehydes is 1. The van der Waals surface area contributed by atoms with Crippen LogP contribution in [0.2, 0.25) is 5.02 Å². The van der Waals surface area contributed by atoms with Crippen LogP contribution in [0.15, 0.2) is 71.8 Å². The number of ether oxygens (including phenoxy) is 2. The van der Waals surface area contributed by atoms with Crippen molar-refractivity contribution in [2.45, 2.75) is 12.5 Å². The highest BCUT2D eigenvalue weighted by atomic mass is 35.5. The van der Waals surface area contributed by atoms with Gasteiger partial charge in [0, 0.05) is 42.4 Å². The van der Waals surface area contributed by atoms with Crippen LogP contribution in [0.5, 0.6) is 11.5 Å². The minimum absolute atomic E-state index is 0.248. The van der Waals surface area contributed by atoms with Gasteiger partial charge >= 0.3 is 0 Å². The number of hydrogen-bond donors (Lipinski definition) is 0. The summed E-state index contributed by atoms with van der Waals surface area (Å²) in [6.45, 7) is -0.248. The number of hydrazone groups is 1. The molecule has 180 valence electrons. The Morgan fingerprint density at radius 3 is 2.51 bits per heavy atom. The molecule has 1 aliphatic rings. The van der Waals surface area contributed by atoms with Crippen LogP contribution in [0.1, 0.15) is 33.9 Å². The topological polar surface area (TPSA) is 71.4 Å². The normalized spacial score (nSPS) is 14.9. The molecule has 1 unspecified atom stereocenters. The molecule has 1 atom stereocenters. The number of amides is 1. The maximum Gasteiger partial charge on any atom is 0.281 e. The summed E-state index contributed by atoms with van der Waals surface area (Å²) in [4.78, 5) is 26.4. The second kappa shape index (κ2) is 10.6. The van der Waals surface area contributed by atoms with Crippen molar-refractivity contribution in [2.75, 3.05) is 32.7 Å². The third kappa shape index (κ3) is 5.30. The molecule has 0 bridgehead atoms. The second-order valence-electron chi connectivity index (χ2n) is 8.29. The van der Waals surface area contributed by atoms with E-state index in [-0.39, 0.29) is 18.6 Å². The smallest absolute Gasteiger partial charge is 0.281 e. The van der Waals surface area contributed by atoms with Gasteiger partial charge in [-0.3, -0.25) is 9.59 Å². The predicted molar refractivity (Wildman–Crippen MR) is 137 cm³/mol. The van der Waals surface area contributed by atoms with Gasteiger partial charge in [-0.1, -0.05) is 41.9 Å². The van der Waals surface area contributed by atoms with E-state index in [0.29, 0.717) is 28.5 Å². The largest absolute Gasteiger partial charge is 0.493 e. The number of hydrogen-bond acceptors (Lipinski definition) is 6. The minimum atomic E-state index is -0.310. The average molecular weight is 492 g/mol. The Hall–Kier alpha value is -3.84. The molecule has 0 radical (unpaired) electrons. The van der Waals surface area contributed by atoms with Gasteiger partial charge in [-0.2, -0.15) is 5.10 Å². The molecule has 0 aromatic heterocycles. The number of carbonyl (C=O) groups excluding carboxylic acids is 2. The van der Waals surface area contributed by atoms with Crippen molar-refractivity contribution in [2.24, 2.45) is 5.10 Å². The van der Waals surface area contributed by atoms with Crippen LogP contribution < -0.4 is 14.4 Å². The van der Waals surface area contributed by atoms with Crippen molar-refractivity contribution in [3.63, 3.8) is 0 Å². The van der Waals surface area contributed by atoms with Crippen LogP contribution in [0.25, 0.3) is 0 Å². The van der Waals surface area contributed by atoms with E-state index in [0.717, 1.165) is 28.8 Å². The molecule has 0 spiro atoms. The van der Waals surface area contributed by atoms with Gasteiger partial charge in [0.25, 0.3) is 5.91 Å². The second-order valence-corrected chi connectivity index (χ2v) is 8.69. The summed E-state index contributed by atoms with van der Waals surface area (Å²) in [5.41, 5.74) is 4.01. The first-order valence-electron chi connectivity index (χ1n) is 11.1. The summed E-state index contributed by atoms with van der Waals surface area (Å²) >= 11 is 6.43. The van der Waals surface area contributed by atoms with Crippen LogP contribution in [-0.2, 0) is 4.79 Å². The van der Waals surface area contributed by atoms with E-state index in [2.05, 4.69) is 5.10 Å². The molecular weight excluding hydrogens is 466 g/mol. The molecule has 4 rings (SSSR count). The van der Waals surface area contributed by atoms with E-state index in [4.69, 9.17) is 21.1 Å². The highest BCUT2D eigenvalue weighted by Crippen LogP contribution is 2.35. The summed E-state index contributed by atoms with van der Waals surface area (Å²) in [6, 6.07) is 20.0. The van der Waals surface area contributed by atoms with Gasteiger partial charge in [0.05, 0.1) is 18.9 Å². The zero-order chi connectivity index (χ0) is 24.9. The number of methoxy groups -OCH3 is 1. The lowest BCUT2D eigenvalue weighted by Crippen LogP contribution is -2.31. The lowest BCUT2D eigenvalue weighted by molar-refractivity contribution is -0.135. The zero-order valence-electron chi connectivity index (χ0n) is 19.8. The first-order valence-corrected chi connectivity index (χ1v) is 11.5. The van der Waals surface area contributed by atoms with Crippen LogP contribution in [0, 0.1) is 0 Å². The third-order valence-corrected chi connectivity index (χ3v) is 6.15. The molecule has 8 heteroatoms. The first kappa shape index (κ1) is 24.3. The van der Waals surface area contributed by atoms with Crippen molar-refractivity contribution in [3.8, 4) is 11.5 Å². The van der Waals surface area contributed by atoms with Gasteiger partial charge in [-0.15, -0.1) is 0 Å². The van der Waals surface area contributed by atoms with Gasteiger partial charge in [0.15, 0.2) is 18.1 Å². The minimum Gasteiger partial charge on any atom is -0.493 e. The Kier molecular flexibility index (Phi) is 7.36. The number of benzene rings is 3. The number of rotatable bonds is 8. The van der Waals surface area contributed by atoms with Crippen molar-refractivity contribution in [1.29, 1.82) is 0 Å². The van der Waals surface area contributed by atoms with Gasteiger partial charge in [0.1, 0.15) is 6.29 Å². The fraction of sp³-hybridized carbons (Fsp3) is 0.222. The van der Waals surface area contributed by atoms with Crippen molar-refractivity contribution in [3.05, 3.63) is 88.4 Å². The molecule has 1 aliphatic heterocycles. The summed E-state index contributed by atoms with van der Waals surface area (Å²) in [7, 11) is 5.44. The molecule has 3 aromatic carbocycles. The maximum absolute atomic E-state index is 13.3. The summed E-state index contributed by atoms with van der Waals surface area (Å²) < 4.78 is 11.1.